The molecular weight excluding hydrogens is 411 g/mol. The zero-order chi connectivity index (χ0) is 20.4. The quantitative estimate of drug-likeness (QED) is 0.456. The molecule has 0 aliphatic carbocycles. The highest BCUT2D eigenvalue weighted by Gasteiger charge is 2.17. The minimum atomic E-state index is -0.374. The number of carbonyl (C=O) groups is 1. The number of carbonyl (C=O) groups excluding carboxylic acids is 1. The molecule has 0 saturated carbocycles. The minimum absolute atomic E-state index is 0.263. The lowest BCUT2D eigenvalue weighted by Crippen LogP contribution is -2.13. The van der Waals surface area contributed by atoms with Crippen molar-refractivity contribution >= 4 is 34.8 Å². The van der Waals surface area contributed by atoms with E-state index in [9.17, 15) is 4.79 Å². The van der Waals surface area contributed by atoms with Crippen LogP contribution < -0.4 is 5.32 Å². The number of hydrogen-bond acceptors (Lipinski definition) is 5. The Morgan fingerprint density at radius 2 is 1.90 bits per heavy atom. The largest absolute Gasteiger partial charge is 0.334 e. The van der Waals surface area contributed by atoms with Crippen LogP contribution >= 0.6 is 23.2 Å². The van der Waals surface area contributed by atoms with Gasteiger partial charge < -0.3 is 9.84 Å². The number of nitrogens with zero attached hydrogens (tertiary/aromatic N) is 3. The Hall–Kier alpha value is -3.22. The Kier molecular flexibility index (Phi) is 5.29. The van der Waals surface area contributed by atoms with E-state index in [1.165, 1.54) is 6.07 Å². The summed E-state index contributed by atoms with van der Waals surface area (Å²) in [5.74, 6) is 0.314. The van der Waals surface area contributed by atoms with Crippen LogP contribution in [0.2, 0.25) is 10.0 Å². The van der Waals surface area contributed by atoms with Crippen molar-refractivity contribution < 1.29 is 9.32 Å². The van der Waals surface area contributed by atoms with E-state index >= 15 is 0 Å². The maximum atomic E-state index is 12.7. The zero-order valence-electron chi connectivity index (χ0n) is 15.2. The molecule has 144 valence electrons. The molecule has 4 rings (SSSR count). The molecule has 0 fully saturated rings. The van der Waals surface area contributed by atoms with Gasteiger partial charge in [-0.3, -0.25) is 9.78 Å². The van der Waals surface area contributed by atoms with Gasteiger partial charge in [0.25, 0.3) is 11.8 Å². The smallest absolute Gasteiger partial charge is 0.260 e. The molecule has 1 N–H and O–H groups in total. The Balaban J connectivity index is 1.64. The summed E-state index contributed by atoms with van der Waals surface area (Å²) in [6.07, 6.45) is 1.68. The molecule has 0 atom stereocenters. The summed E-state index contributed by atoms with van der Waals surface area (Å²) in [5, 5.41) is 7.57. The van der Waals surface area contributed by atoms with Gasteiger partial charge in [0.1, 0.15) is 0 Å². The number of para-hydroxylation sites is 1. The molecule has 0 unspecified atom stereocenters. The summed E-state index contributed by atoms with van der Waals surface area (Å²) in [4.78, 5) is 21.4. The first-order valence-electron chi connectivity index (χ1n) is 8.64. The minimum Gasteiger partial charge on any atom is -0.334 e. The fourth-order valence-electron chi connectivity index (χ4n) is 2.69. The van der Waals surface area contributed by atoms with Crippen LogP contribution in [0.4, 0.5) is 5.69 Å². The average molecular weight is 425 g/mol. The lowest BCUT2D eigenvalue weighted by Gasteiger charge is -2.09. The third kappa shape index (κ3) is 4.13. The lowest BCUT2D eigenvalue weighted by molar-refractivity contribution is 0.102. The first kappa shape index (κ1) is 19.1. The van der Waals surface area contributed by atoms with Crippen LogP contribution in [-0.2, 0) is 0 Å². The molecule has 0 spiro atoms. The number of halogens is 2. The van der Waals surface area contributed by atoms with Crippen molar-refractivity contribution in [3.63, 3.8) is 0 Å². The highest BCUT2D eigenvalue weighted by molar-refractivity contribution is 6.37. The second kappa shape index (κ2) is 8.03. The van der Waals surface area contributed by atoms with E-state index in [0.29, 0.717) is 27.7 Å². The molecule has 8 heteroatoms. The van der Waals surface area contributed by atoms with E-state index in [1.807, 2.05) is 25.1 Å². The first-order valence-corrected chi connectivity index (χ1v) is 9.39. The van der Waals surface area contributed by atoms with Crippen LogP contribution in [0, 0.1) is 6.92 Å². The van der Waals surface area contributed by atoms with Gasteiger partial charge in [0.05, 0.1) is 21.8 Å². The number of pyridine rings is 1. The molecule has 4 aromatic rings. The fourth-order valence-corrected chi connectivity index (χ4v) is 3.19. The molecule has 2 heterocycles. The second-order valence-corrected chi connectivity index (χ2v) is 7.08. The predicted octanol–water partition coefficient (Wildman–Crippen LogP) is 5.67. The molecule has 0 radical (unpaired) electrons. The number of aryl methyl sites for hydroxylation is 1. The number of benzene rings is 2. The van der Waals surface area contributed by atoms with Crippen LogP contribution in [0.3, 0.4) is 0 Å². The third-order valence-corrected chi connectivity index (χ3v) is 4.72. The summed E-state index contributed by atoms with van der Waals surface area (Å²) in [6.45, 7) is 1.90. The number of aromatic nitrogens is 3. The number of nitrogens with one attached hydrogen (secondary N) is 1. The van der Waals surface area contributed by atoms with Crippen molar-refractivity contribution in [2.75, 3.05) is 5.32 Å². The van der Waals surface area contributed by atoms with Crippen molar-refractivity contribution in [3.8, 4) is 22.8 Å². The molecule has 29 heavy (non-hydrogen) atoms. The summed E-state index contributed by atoms with van der Waals surface area (Å²) >= 11 is 12.0. The Bertz CT molecular complexity index is 1190. The first-order chi connectivity index (χ1) is 14.0. The SMILES string of the molecule is Cc1ccc(-c2noc(-c3ccccc3NC(=O)c3ccc(Cl)cc3Cl)n2)cn1. The normalized spacial score (nSPS) is 10.7. The molecule has 0 saturated heterocycles. The molecule has 0 aliphatic heterocycles. The van der Waals surface area contributed by atoms with Gasteiger partial charge in [-0.25, -0.2) is 0 Å². The average Bonchev–Trinajstić information content (AvgIpc) is 3.19. The van der Waals surface area contributed by atoms with Crippen LogP contribution in [0.5, 0.6) is 0 Å². The molecule has 1 amide bonds. The maximum absolute atomic E-state index is 12.7. The maximum Gasteiger partial charge on any atom is 0.260 e. The predicted molar refractivity (Wildman–Crippen MR) is 112 cm³/mol. The van der Waals surface area contributed by atoms with Gasteiger partial charge in [-0.2, -0.15) is 4.98 Å². The summed E-state index contributed by atoms with van der Waals surface area (Å²) in [7, 11) is 0. The van der Waals surface area contributed by atoms with Crippen molar-refractivity contribution in [1.29, 1.82) is 0 Å². The van der Waals surface area contributed by atoms with Gasteiger partial charge in [0.15, 0.2) is 0 Å². The van der Waals surface area contributed by atoms with Crippen molar-refractivity contribution in [1.82, 2.24) is 15.1 Å². The van der Waals surface area contributed by atoms with Crippen molar-refractivity contribution in [2.45, 2.75) is 6.92 Å². The van der Waals surface area contributed by atoms with Gasteiger partial charge in [-0.15, -0.1) is 0 Å². The number of anilines is 1. The summed E-state index contributed by atoms with van der Waals surface area (Å²) in [6, 6.07) is 15.6. The van der Waals surface area contributed by atoms with Gasteiger partial charge in [-0.05, 0) is 49.4 Å². The summed E-state index contributed by atoms with van der Waals surface area (Å²) in [5.41, 5.74) is 3.04. The third-order valence-electron chi connectivity index (χ3n) is 4.18. The second-order valence-electron chi connectivity index (χ2n) is 6.24. The zero-order valence-corrected chi connectivity index (χ0v) is 16.7. The van der Waals surface area contributed by atoms with E-state index in [2.05, 4.69) is 20.4 Å². The standard InChI is InChI=1S/C21H14Cl2N4O2/c1-12-6-7-13(11-24-12)19-26-21(29-27-19)16-4-2-3-5-18(16)25-20(28)15-9-8-14(22)10-17(15)23/h2-11H,1H3,(H,25,28). The van der Waals surface area contributed by atoms with Gasteiger partial charge in [0.2, 0.25) is 5.82 Å². The monoisotopic (exact) mass is 424 g/mol. The van der Waals surface area contributed by atoms with E-state index in [1.54, 1.807) is 36.5 Å². The van der Waals surface area contributed by atoms with E-state index in [4.69, 9.17) is 27.7 Å². The number of hydrogen-bond donors (Lipinski definition) is 1. The fraction of sp³-hybridized carbons (Fsp3) is 0.0476. The van der Waals surface area contributed by atoms with Gasteiger partial charge in [0, 0.05) is 22.5 Å². The molecule has 0 bridgehead atoms. The van der Waals surface area contributed by atoms with Crippen molar-refractivity contribution in [2.24, 2.45) is 0 Å². The highest BCUT2D eigenvalue weighted by Crippen LogP contribution is 2.29. The van der Waals surface area contributed by atoms with Crippen LogP contribution in [0.1, 0.15) is 16.1 Å². The summed E-state index contributed by atoms with van der Waals surface area (Å²) < 4.78 is 5.42. The molecule has 2 aromatic heterocycles. The van der Waals surface area contributed by atoms with E-state index < -0.39 is 0 Å². The van der Waals surface area contributed by atoms with Crippen LogP contribution in [0.15, 0.2) is 65.3 Å². The van der Waals surface area contributed by atoms with Crippen LogP contribution in [0.25, 0.3) is 22.8 Å². The Morgan fingerprint density at radius 1 is 1.07 bits per heavy atom. The molecular formula is C21H14Cl2N4O2. The highest BCUT2D eigenvalue weighted by atomic mass is 35.5. The number of amides is 1. The number of rotatable bonds is 4. The van der Waals surface area contributed by atoms with E-state index in [-0.39, 0.29) is 16.8 Å². The van der Waals surface area contributed by atoms with Crippen LogP contribution in [-0.4, -0.2) is 21.0 Å². The van der Waals surface area contributed by atoms with Gasteiger partial charge in [-0.1, -0.05) is 40.5 Å². The molecule has 2 aromatic carbocycles. The van der Waals surface area contributed by atoms with Crippen molar-refractivity contribution in [3.05, 3.63) is 82.1 Å². The Labute approximate surface area is 176 Å². The lowest BCUT2D eigenvalue weighted by atomic mass is 10.1. The van der Waals surface area contributed by atoms with Gasteiger partial charge >= 0.3 is 0 Å². The molecule has 6 nitrogen and oxygen atoms in total. The Morgan fingerprint density at radius 3 is 2.66 bits per heavy atom. The van der Waals surface area contributed by atoms with E-state index in [0.717, 1.165) is 11.3 Å². The molecule has 0 aliphatic rings. The topological polar surface area (TPSA) is 80.9 Å².